The molecule has 0 saturated carbocycles. The summed E-state index contributed by atoms with van der Waals surface area (Å²) in [6.45, 7) is 3.58. The lowest BCUT2D eigenvalue weighted by Gasteiger charge is -2.29. The molecular formula is C11H18N4O2S. The predicted molar refractivity (Wildman–Crippen MR) is 73.5 cm³/mol. The summed E-state index contributed by atoms with van der Waals surface area (Å²) in [5.41, 5.74) is 0. The largest absolute Gasteiger partial charge is 0.308 e. The molecule has 0 aromatic carbocycles. The van der Waals surface area contributed by atoms with Gasteiger partial charge in [-0.2, -0.15) is 0 Å². The standard InChI is InChI=1S/C11H18N4O2S/c1-4-15-10(17)8(9(16)13-11(15)18)7-12-5-6-14(2)3/h7-8H,4-6H2,1-3H3,(H,13,16,18)/t8-/m0/s1. The zero-order valence-corrected chi connectivity index (χ0v) is 11.7. The van der Waals surface area contributed by atoms with E-state index in [2.05, 4.69) is 10.3 Å². The first-order valence-corrected chi connectivity index (χ1v) is 6.19. The van der Waals surface area contributed by atoms with Crippen LogP contribution in [0.25, 0.3) is 0 Å². The molecule has 1 N–H and O–H groups in total. The monoisotopic (exact) mass is 270 g/mol. The maximum atomic E-state index is 12.0. The number of rotatable bonds is 5. The fourth-order valence-corrected chi connectivity index (χ4v) is 1.82. The fourth-order valence-electron chi connectivity index (χ4n) is 1.50. The van der Waals surface area contributed by atoms with Gasteiger partial charge in [0.05, 0.1) is 6.54 Å². The van der Waals surface area contributed by atoms with E-state index in [4.69, 9.17) is 12.2 Å². The zero-order valence-electron chi connectivity index (χ0n) is 10.8. The van der Waals surface area contributed by atoms with Gasteiger partial charge >= 0.3 is 0 Å². The van der Waals surface area contributed by atoms with Crippen LogP contribution < -0.4 is 5.32 Å². The summed E-state index contributed by atoms with van der Waals surface area (Å²) >= 11 is 4.92. The third kappa shape index (κ3) is 3.58. The fraction of sp³-hybridized carbons (Fsp3) is 0.636. The third-order valence-electron chi connectivity index (χ3n) is 2.54. The molecule has 0 aromatic rings. The number of aliphatic imine (C=N–C) groups is 1. The number of carbonyl (C=O) groups excluding carboxylic acids is 2. The second kappa shape index (κ2) is 6.55. The van der Waals surface area contributed by atoms with Crippen LogP contribution in [0.15, 0.2) is 4.99 Å². The lowest BCUT2D eigenvalue weighted by molar-refractivity contribution is -0.137. The molecule has 2 amide bonds. The van der Waals surface area contributed by atoms with Crippen molar-refractivity contribution in [1.29, 1.82) is 0 Å². The summed E-state index contributed by atoms with van der Waals surface area (Å²) in [5, 5.41) is 2.68. The van der Waals surface area contributed by atoms with Crippen LogP contribution in [0.4, 0.5) is 0 Å². The Morgan fingerprint density at radius 2 is 2.17 bits per heavy atom. The molecule has 0 radical (unpaired) electrons. The highest BCUT2D eigenvalue weighted by atomic mass is 32.1. The molecule has 100 valence electrons. The van der Waals surface area contributed by atoms with Gasteiger partial charge in [-0.05, 0) is 33.2 Å². The highest BCUT2D eigenvalue weighted by Crippen LogP contribution is 2.08. The molecule has 7 heteroatoms. The number of hydrogen-bond acceptors (Lipinski definition) is 5. The van der Waals surface area contributed by atoms with Crippen molar-refractivity contribution in [2.45, 2.75) is 6.92 Å². The quantitative estimate of drug-likeness (QED) is 0.415. The van der Waals surface area contributed by atoms with E-state index in [1.165, 1.54) is 11.1 Å². The smallest absolute Gasteiger partial charge is 0.246 e. The van der Waals surface area contributed by atoms with Gasteiger partial charge in [-0.1, -0.05) is 0 Å². The summed E-state index contributed by atoms with van der Waals surface area (Å²) < 4.78 is 0. The summed E-state index contributed by atoms with van der Waals surface area (Å²) in [6.07, 6.45) is 1.41. The molecule has 0 aromatic heterocycles. The summed E-state index contributed by atoms with van der Waals surface area (Å²) in [4.78, 5) is 31.1. The van der Waals surface area contributed by atoms with Crippen LogP contribution >= 0.6 is 12.2 Å². The molecule has 1 saturated heterocycles. The van der Waals surface area contributed by atoms with Gasteiger partial charge in [0.1, 0.15) is 0 Å². The number of thiocarbonyl (C=S) groups is 1. The predicted octanol–water partition coefficient (Wildman–Crippen LogP) is -0.502. The van der Waals surface area contributed by atoms with Gasteiger partial charge in [0.15, 0.2) is 11.0 Å². The van der Waals surface area contributed by atoms with E-state index >= 15 is 0 Å². The van der Waals surface area contributed by atoms with Crippen LogP contribution in [0, 0.1) is 5.92 Å². The lowest BCUT2D eigenvalue weighted by Crippen LogP contribution is -2.58. The van der Waals surface area contributed by atoms with Crippen LogP contribution in [-0.4, -0.2) is 66.7 Å². The molecule has 0 aliphatic carbocycles. The number of likely N-dealkylation sites (N-methyl/N-ethyl adjacent to an activating group) is 1. The lowest BCUT2D eigenvalue weighted by atomic mass is 10.1. The van der Waals surface area contributed by atoms with Gasteiger partial charge in [0.25, 0.3) is 0 Å². The van der Waals surface area contributed by atoms with Crippen molar-refractivity contribution >= 4 is 35.4 Å². The number of carbonyl (C=O) groups is 2. The average molecular weight is 270 g/mol. The number of amides is 2. The molecule has 1 fully saturated rings. The molecule has 0 spiro atoms. The first kappa shape index (κ1) is 14.7. The van der Waals surface area contributed by atoms with Crippen molar-refractivity contribution < 1.29 is 9.59 Å². The van der Waals surface area contributed by atoms with E-state index in [9.17, 15) is 9.59 Å². The Morgan fingerprint density at radius 1 is 1.50 bits per heavy atom. The van der Waals surface area contributed by atoms with Crippen molar-refractivity contribution in [2.24, 2.45) is 10.9 Å². The molecule has 1 aliphatic heterocycles. The van der Waals surface area contributed by atoms with E-state index in [0.29, 0.717) is 13.1 Å². The Labute approximate surface area is 112 Å². The second-order valence-corrected chi connectivity index (χ2v) is 4.60. The van der Waals surface area contributed by atoms with Crippen LogP contribution in [0.1, 0.15) is 6.92 Å². The van der Waals surface area contributed by atoms with Crippen molar-refractivity contribution in [3.8, 4) is 0 Å². The molecule has 1 atom stereocenters. The van der Waals surface area contributed by atoms with Crippen molar-refractivity contribution in [3.63, 3.8) is 0 Å². The first-order valence-electron chi connectivity index (χ1n) is 5.78. The highest BCUT2D eigenvalue weighted by molar-refractivity contribution is 7.80. The molecule has 1 rings (SSSR count). The van der Waals surface area contributed by atoms with Crippen molar-refractivity contribution in [1.82, 2.24) is 15.1 Å². The van der Waals surface area contributed by atoms with Crippen LogP contribution in [0.5, 0.6) is 0 Å². The normalized spacial score (nSPS) is 21.0. The van der Waals surface area contributed by atoms with Crippen molar-refractivity contribution in [2.75, 3.05) is 33.7 Å². The Bertz CT molecular complexity index is 381. The SMILES string of the molecule is CCN1C(=O)[C@@H](C=NCCN(C)C)C(=O)NC1=S. The van der Waals surface area contributed by atoms with E-state index in [1.807, 2.05) is 25.9 Å². The third-order valence-corrected chi connectivity index (χ3v) is 2.86. The second-order valence-electron chi connectivity index (χ2n) is 4.21. The van der Waals surface area contributed by atoms with E-state index in [1.54, 1.807) is 0 Å². The Kier molecular flexibility index (Phi) is 5.36. The van der Waals surface area contributed by atoms with Gasteiger partial charge in [-0.15, -0.1) is 0 Å². The van der Waals surface area contributed by atoms with Gasteiger partial charge in [-0.25, -0.2) is 0 Å². The van der Waals surface area contributed by atoms with Crippen LogP contribution in [-0.2, 0) is 9.59 Å². The molecule has 0 bridgehead atoms. The van der Waals surface area contributed by atoms with Gasteiger partial charge in [0.2, 0.25) is 11.8 Å². The summed E-state index contributed by atoms with van der Waals surface area (Å²) in [7, 11) is 3.87. The minimum absolute atomic E-state index is 0.172. The topological polar surface area (TPSA) is 65.0 Å². The summed E-state index contributed by atoms with van der Waals surface area (Å²) in [5.74, 6) is -1.57. The molecular weight excluding hydrogens is 252 g/mol. The minimum atomic E-state index is -0.862. The Balaban J connectivity index is 2.66. The van der Waals surface area contributed by atoms with E-state index in [-0.39, 0.29) is 11.0 Å². The molecule has 1 aliphatic rings. The molecule has 1 heterocycles. The molecule has 6 nitrogen and oxygen atoms in total. The highest BCUT2D eigenvalue weighted by Gasteiger charge is 2.36. The van der Waals surface area contributed by atoms with E-state index in [0.717, 1.165) is 6.54 Å². The van der Waals surface area contributed by atoms with Crippen LogP contribution in [0.3, 0.4) is 0 Å². The maximum absolute atomic E-state index is 12.0. The van der Waals surface area contributed by atoms with Gasteiger partial charge in [-0.3, -0.25) is 19.5 Å². The molecule has 0 unspecified atom stereocenters. The minimum Gasteiger partial charge on any atom is -0.308 e. The maximum Gasteiger partial charge on any atom is 0.246 e. The molecule has 18 heavy (non-hydrogen) atoms. The van der Waals surface area contributed by atoms with Crippen LogP contribution in [0.2, 0.25) is 0 Å². The van der Waals surface area contributed by atoms with Crippen molar-refractivity contribution in [3.05, 3.63) is 0 Å². The average Bonchev–Trinajstić information content (AvgIpc) is 2.27. The van der Waals surface area contributed by atoms with Gasteiger partial charge in [0, 0.05) is 19.3 Å². The first-order chi connectivity index (χ1) is 8.47. The zero-order chi connectivity index (χ0) is 13.7. The summed E-state index contributed by atoms with van der Waals surface area (Å²) in [6, 6.07) is 0. The number of hydrogen-bond donors (Lipinski definition) is 1. The Morgan fingerprint density at radius 3 is 2.72 bits per heavy atom. The number of nitrogens with zero attached hydrogens (tertiary/aromatic N) is 3. The van der Waals surface area contributed by atoms with Gasteiger partial charge < -0.3 is 10.2 Å². The van der Waals surface area contributed by atoms with E-state index < -0.39 is 11.8 Å². The number of nitrogens with one attached hydrogen (secondary N) is 1. The Hall–Kier alpha value is -1.34.